The summed E-state index contributed by atoms with van der Waals surface area (Å²) in [6, 6.07) is 5.65. The first kappa shape index (κ1) is 18.3. The zero-order chi connectivity index (χ0) is 18.7. The molecule has 1 aliphatic rings. The SMILES string of the molecule is O=C(N[C@H](O)CN1CCCC1)c1ccc(-c2noc(C(F)(F)F)n2)cc1. The predicted molar refractivity (Wildman–Crippen MR) is 83.9 cm³/mol. The Bertz CT molecular complexity index is 755. The quantitative estimate of drug-likeness (QED) is 0.781. The number of aliphatic hydroxyl groups is 1. The number of aliphatic hydroxyl groups excluding tert-OH is 1. The van der Waals surface area contributed by atoms with Gasteiger partial charge in [0.1, 0.15) is 6.23 Å². The van der Waals surface area contributed by atoms with Crippen LogP contribution in [0.1, 0.15) is 29.1 Å². The van der Waals surface area contributed by atoms with E-state index in [1.165, 1.54) is 24.3 Å². The number of likely N-dealkylation sites (tertiary alicyclic amines) is 1. The molecular formula is C16H17F3N4O3. The molecule has 0 unspecified atom stereocenters. The number of rotatable bonds is 5. The maximum absolute atomic E-state index is 12.5. The Morgan fingerprint density at radius 2 is 1.92 bits per heavy atom. The summed E-state index contributed by atoms with van der Waals surface area (Å²) in [6.45, 7) is 2.14. The van der Waals surface area contributed by atoms with Gasteiger partial charge >= 0.3 is 12.1 Å². The fraction of sp³-hybridized carbons (Fsp3) is 0.438. The van der Waals surface area contributed by atoms with E-state index in [-0.39, 0.29) is 17.0 Å². The van der Waals surface area contributed by atoms with Gasteiger partial charge in [-0.2, -0.15) is 18.2 Å². The maximum Gasteiger partial charge on any atom is 0.471 e. The number of carbonyl (C=O) groups is 1. The van der Waals surface area contributed by atoms with Crippen molar-refractivity contribution in [2.45, 2.75) is 25.2 Å². The first-order valence-corrected chi connectivity index (χ1v) is 8.05. The second-order valence-electron chi connectivity index (χ2n) is 6.00. The van der Waals surface area contributed by atoms with Crippen molar-refractivity contribution in [2.24, 2.45) is 0 Å². The number of halogens is 3. The number of nitrogens with one attached hydrogen (secondary N) is 1. The number of aromatic nitrogens is 2. The Hall–Kier alpha value is -2.46. The number of carbonyl (C=O) groups excluding carboxylic acids is 1. The molecule has 1 atom stereocenters. The van der Waals surface area contributed by atoms with Gasteiger partial charge in [-0.3, -0.25) is 9.69 Å². The minimum Gasteiger partial charge on any atom is -0.372 e. The Labute approximate surface area is 146 Å². The van der Waals surface area contributed by atoms with E-state index in [4.69, 9.17) is 0 Å². The van der Waals surface area contributed by atoms with Gasteiger partial charge in [0.15, 0.2) is 0 Å². The van der Waals surface area contributed by atoms with Crippen LogP contribution in [0.25, 0.3) is 11.4 Å². The minimum absolute atomic E-state index is 0.224. The third-order valence-corrected chi connectivity index (χ3v) is 4.00. The first-order valence-electron chi connectivity index (χ1n) is 8.05. The van der Waals surface area contributed by atoms with Crippen LogP contribution in [0.15, 0.2) is 28.8 Å². The fourth-order valence-electron chi connectivity index (χ4n) is 2.72. The second-order valence-corrected chi connectivity index (χ2v) is 6.00. The molecule has 140 valence electrons. The smallest absolute Gasteiger partial charge is 0.372 e. The molecule has 1 fully saturated rings. The molecule has 26 heavy (non-hydrogen) atoms. The minimum atomic E-state index is -4.71. The van der Waals surface area contributed by atoms with Crippen LogP contribution in [0.4, 0.5) is 13.2 Å². The van der Waals surface area contributed by atoms with Gasteiger partial charge in [-0.25, -0.2) is 0 Å². The molecule has 1 aromatic carbocycles. The summed E-state index contributed by atoms with van der Waals surface area (Å²) in [4.78, 5) is 17.5. The molecule has 1 aliphatic heterocycles. The number of hydrogen-bond acceptors (Lipinski definition) is 6. The van der Waals surface area contributed by atoms with Crippen LogP contribution in [0.3, 0.4) is 0 Å². The number of nitrogens with zero attached hydrogens (tertiary/aromatic N) is 3. The highest BCUT2D eigenvalue weighted by molar-refractivity contribution is 5.94. The molecule has 0 aliphatic carbocycles. The van der Waals surface area contributed by atoms with Gasteiger partial charge in [0.25, 0.3) is 5.91 Å². The Balaban J connectivity index is 1.61. The lowest BCUT2D eigenvalue weighted by atomic mass is 10.1. The molecule has 0 radical (unpaired) electrons. The third kappa shape index (κ3) is 4.38. The van der Waals surface area contributed by atoms with E-state index in [2.05, 4.69) is 24.9 Å². The van der Waals surface area contributed by atoms with Crippen molar-refractivity contribution in [1.82, 2.24) is 20.4 Å². The summed E-state index contributed by atoms with van der Waals surface area (Å²) in [6.07, 6.45) is -3.55. The van der Waals surface area contributed by atoms with Gasteiger partial charge in [0.05, 0.1) is 0 Å². The van der Waals surface area contributed by atoms with Crippen LogP contribution in [0.5, 0.6) is 0 Å². The lowest BCUT2D eigenvalue weighted by Gasteiger charge is -2.20. The number of amides is 1. The van der Waals surface area contributed by atoms with Crippen LogP contribution in [-0.4, -0.2) is 51.9 Å². The first-order chi connectivity index (χ1) is 12.3. The number of hydrogen-bond donors (Lipinski definition) is 2. The molecule has 1 amide bonds. The molecule has 0 bridgehead atoms. The predicted octanol–water partition coefficient (Wildman–Crippen LogP) is 1.90. The van der Waals surface area contributed by atoms with Gasteiger partial charge in [-0.05, 0) is 38.1 Å². The highest BCUT2D eigenvalue weighted by Gasteiger charge is 2.38. The van der Waals surface area contributed by atoms with Gasteiger partial charge in [0, 0.05) is 17.7 Å². The zero-order valence-corrected chi connectivity index (χ0v) is 13.7. The van der Waals surface area contributed by atoms with Crippen LogP contribution >= 0.6 is 0 Å². The number of β-amino-alcohol motifs (C(OH)–C–C–N with tert-alkyl or cyclic N) is 1. The molecule has 10 heteroatoms. The van der Waals surface area contributed by atoms with Crippen molar-refractivity contribution in [1.29, 1.82) is 0 Å². The number of alkyl halides is 3. The van der Waals surface area contributed by atoms with Crippen molar-refractivity contribution in [2.75, 3.05) is 19.6 Å². The Morgan fingerprint density at radius 3 is 2.50 bits per heavy atom. The topological polar surface area (TPSA) is 91.5 Å². The summed E-state index contributed by atoms with van der Waals surface area (Å²) >= 11 is 0. The third-order valence-electron chi connectivity index (χ3n) is 4.00. The Morgan fingerprint density at radius 1 is 1.27 bits per heavy atom. The molecule has 7 nitrogen and oxygen atoms in total. The van der Waals surface area contributed by atoms with Gasteiger partial charge in [-0.15, -0.1) is 0 Å². The van der Waals surface area contributed by atoms with E-state index >= 15 is 0 Å². The van der Waals surface area contributed by atoms with E-state index in [1.807, 2.05) is 0 Å². The molecule has 2 heterocycles. The normalized spacial score (nSPS) is 16.6. The zero-order valence-electron chi connectivity index (χ0n) is 13.7. The van der Waals surface area contributed by atoms with Crippen molar-refractivity contribution < 1.29 is 27.6 Å². The maximum atomic E-state index is 12.5. The van der Waals surface area contributed by atoms with Crippen molar-refractivity contribution >= 4 is 5.91 Å². The molecule has 2 aromatic rings. The van der Waals surface area contributed by atoms with Crippen LogP contribution < -0.4 is 5.32 Å². The molecular weight excluding hydrogens is 353 g/mol. The molecule has 1 aromatic heterocycles. The summed E-state index contributed by atoms with van der Waals surface area (Å²) in [5, 5.41) is 15.7. The summed E-state index contributed by atoms with van der Waals surface area (Å²) < 4.78 is 41.6. The summed E-state index contributed by atoms with van der Waals surface area (Å²) in [5.41, 5.74) is 0.534. The largest absolute Gasteiger partial charge is 0.471 e. The van der Waals surface area contributed by atoms with E-state index in [9.17, 15) is 23.1 Å². The molecule has 1 saturated heterocycles. The highest BCUT2D eigenvalue weighted by Crippen LogP contribution is 2.29. The standard InChI is InChI=1S/C16H17F3N4O3/c17-16(18,19)15-21-13(22-26-15)10-3-5-11(6-4-10)14(25)20-12(24)9-23-7-1-2-8-23/h3-6,12,24H,1-2,7-9H2,(H,20,25)/t12-/m1/s1. The monoisotopic (exact) mass is 370 g/mol. The molecule has 2 N–H and O–H groups in total. The Kier molecular flexibility index (Phi) is 5.23. The second kappa shape index (κ2) is 7.42. The van der Waals surface area contributed by atoms with Crippen molar-refractivity contribution in [3.63, 3.8) is 0 Å². The summed E-state index contributed by atoms with van der Waals surface area (Å²) in [5.74, 6) is -2.13. The van der Waals surface area contributed by atoms with Crippen molar-refractivity contribution in [3.05, 3.63) is 35.7 Å². The lowest BCUT2D eigenvalue weighted by molar-refractivity contribution is -0.159. The highest BCUT2D eigenvalue weighted by atomic mass is 19.4. The van der Waals surface area contributed by atoms with Gasteiger partial charge in [-0.1, -0.05) is 17.3 Å². The molecule has 0 spiro atoms. The van der Waals surface area contributed by atoms with Gasteiger partial charge in [0.2, 0.25) is 5.82 Å². The average Bonchev–Trinajstić information content (AvgIpc) is 3.26. The molecule has 3 rings (SSSR count). The van der Waals surface area contributed by atoms with Crippen LogP contribution in [0.2, 0.25) is 0 Å². The molecule has 0 saturated carbocycles. The van der Waals surface area contributed by atoms with Crippen LogP contribution in [0, 0.1) is 0 Å². The van der Waals surface area contributed by atoms with E-state index in [0.717, 1.165) is 25.9 Å². The van der Waals surface area contributed by atoms with E-state index < -0.39 is 24.2 Å². The van der Waals surface area contributed by atoms with Crippen molar-refractivity contribution in [3.8, 4) is 11.4 Å². The van der Waals surface area contributed by atoms with E-state index in [0.29, 0.717) is 6.54 Å². The summed E-state index contributed by atoms with van der Waals surface area (Å²) in [7, 11) is 0. The fourth-order valence-corrected chi connectivity index (χ4v) is 2.72. The van der Waals surface area contributed by atoms with Gasteiger partial charge < -0.3 is 14.9 Å². The number of benzene rings is 1. The van der Waals surface area contributed by atoms with E-state index in [1.54, 1.807) is 0 Å². The lowest BCUT2D eigenvalue weighted by Crippen LogP contribution is -2.42. The average molecular weight is 370 g/mol. The van der Waals surface area contributed by atoms with Crippen LogP contribution in [-0.2, 0) is 6.18 Å².